The number of alkyl halides is 3. The van der Waals surface area contributed by atoms with Crippen molar-refractivity contribution in [2.24, 2.45) is 16.8 Å². The molecule has 3 aliphatic heterocycles. The van der Waals surface area contributed by atoms with E-state index in [-0.39, 0.29) is 62.5 Å². The van der Waals surface area contributed by atoms with Crippen molar-refractivity contribution in [3.05, 3.63) is 34.2 Å². The van der Waals surface area contributed by atoms with Crippen LogP contribution in [-0.2, 0) is 19.6 Å². The number of aliphatic imine (C=N–C) groups is 1. The zero-order chi connectivity index (χ0) is 32.0. The lowest BCUT2D eigenvalue weighted by molar-refractivity contribution is -0.138. The largest absolute Gasteiger partial charge is 0.389 e. The van der Waals surface area contributed by atoms with Crippen LogP contribution in [0.4, 0.5) is 23.7 Å². The number of sulfonamides is 1. The molecule has 1 aromatic carbocycles. The number of hydrogen-bond acceptors (Lipinski definition) is 6. The summed E-state index contributed by atoms with van der Waals surface area (Å²) in [7, 11) is -2.27. The number of likely N-dealkylation sites (N-methyl/N-ethyl adjacent to an activating group) is 1. The molecule has 14 heteroatoms. The van der Waals surface area contributed by atoms with E-state index in [2.05, 4.69) is 5.32 Å². The smallest absolute Gasteiger partial charge is 0.318 e. The van der Waals surface area contributed by atoms with Gasteiger partial charge in [0.05, 0.1) is 5.69 Å². The highest BCUT2D eigenvalue weighted by Crippen LogP contribution is 2.38. The van der Waals surface area contributed by atoms with Gasteiger partial charge in [0.1, 0.15) is 17.9 Å². The van der Waals surface area contributed by atoms with Gasteiger partial charge < -0.3 is 10.2 Å². The Morgan fingerprint density at radius 3 is 2.20 bits per heavy atom. The van der Waals surface area contributed by atoms with Crippen molar-refractivity contribution in [2.75, 3.05) is 31.6 Å². The van der Waals surface area contributed by atoms with E-state index in [1.54, 1.807) is 33.0 Å². The first kappa shape index (κ1) is 32.1. The number of anilines is 1. The molecular weight excluding hydrogens is 599 g/mol. The number of urea groups is 1. The second-order valence-corrected chi connectivity index (χ2v) is 14.3. The number of halogens is 3. The van der Waals surface area contributed by atoms with Crippen LogP contribution in [0.3, 0.4) is 0 Å². The number of benzene rings is 1. The third-order valence-corrected chi connectivity index (χ3v) is 10.9. The van der Waals surface area contributed by atoms with Gasteiger partial charge >= 0.3 is 12.2 Å². The summed E-state index contributed by atoms with van der Waals surface area (Å²) in [5, 5.41) is 4.04. The number of piperidine rings is 1. The molecule has 5 rings (SSSR count). The van der Waals surface area contributed by atoms with E-state index in [4.69, 9.17) is 4.99 Å². The highest BCUT2D eigenvalue weighted by molar-refractivity contribution is 7.92. The summed E-state index contributed by atoms with van der Waals surface area (Å²) in [6, 6.07) is 2.95. The van der Waals surface area contributed by atoms with Gasteiger partial charge in [-0.25, -0.2) is 18.1 Å². The average molecular weight is 638 g/mol. The topological polar surface area (TPSA) is 119 Å². The zero-order valence-corrected chi connectivity index (χ0v) is 25.9. The molecule has 3 fully saturated rings. The molecule has 44 heavy (non-hydrogen) atoms. The van der Waals surface area contributed by atoms with E-state index >= 15 is 0 Å². The Balaban J connectivity index is 1.20. The van der Waals surface area contributed by atoms with Crippen LogP contribution in [0.1, 0.15) is 68.1 Å². The van der Waals surface area contributed by atoms with Crippen LogP contribution in [-0.4, -0.2) is 79.7 Å². The number of imide groups is 1. The fraction of sp³-hybridized carbons (Fsp3) is 0.600. The number of nitrogens with one attached hydrogen (secondary N) is 1. The Morgan fingerprint density at radius 2 is 1.66 bits per heavy atom. The second-order valence-electron chi connectivity index (χ2n) is 12.5. The maximum atomic E-state index is 13.3. The van der Waals surface area contributed by atoms with Crippen LogP contribution >= 0.6 is 0 Å². The van der Waals surface area contributed by atoms with Crippen molar-refractivity contribution < 1.29 is 36.0 Å². The van der Waals surface area contributed by atoms with Crippen LogP contribution in [0, 0.1) is 25.7 Å². The zero-order valence-electron chi connectivity index (χ0n) is 25.1. The molecule has 2 saturated heterocycles. The Bertz CT molecular complexity index is 1480. The molecule has 1 saturated carbocycles. The van der Waals surface area contributed by atoms with Gasteiger partial charge in [0.2, 0.25) is 10.0 Å². The van der Waals surface area contributed by atoms with E-state index in [0.29, 0.717) is 53.9 Å². The van der Waals surface area contributed by atoms with Crippen LogP contribution in [0.5, 0.6) is 0 Å². The average Bonchev–Trinajstić information content (AvgIpc) is 3.40. The van der Waals surface area contributed by atoms with Gasteiger partial charge in [-0.15, -0.1) is 0 Å². The van der Waals surface area contributed by atoms with Crippen molar-refractivity contribution in [3.8, 4) is 0 Å². The van der Waals surface area contributed by atoms with Crippen LogP contribution in [0.2, 0.25) is 0 Å². The fourth-order valence-corrected chi connectivity index (χ4v) is 7.91. The van der Waals surface area contributed by atoms with Crippen LogP contribution < -0.4 is 10.2 Å². The quantitative estimate of drug-likeness (QED) is 0.442. The number of rotatable bonds is 7. The van der Waals surface area contributed by atoms with E-state index in [1.807, 2.05) is 0 Å². The molecule has 0 aromatic heterocycles. The molecule has 0 unspecified atom stereocenters. The molecular formula is C30H38F3N5O5S. The molecule has 1 aliphatic carbocycles. The molecule has 1 aromatic rings. The maximum absolute atomic E-state index is 13.3. The maximum Gasteiger partial charge on any atom is 0.389 e. The van der Waals surface area contributed by atoms with Gasteiger partial charge in [-0.05, 0) is 99.6 Å². The van der Waals surface area contributed by atoms with Crippen molar-refractivity contribution in [1.82, 2.24) is 14.5 Å². The molecule has 1 spiro atoms. The number of hydrogen-bond donors (Lipinski definition) is 1. The number of carbonyl (C=O) groups is 3. The molecule has 0 atom stereocenters. The van der Waals surface area contributed by atoms with Gasteiger partial charge in [0, 0.05) is 37.9 Å². The number of amidine groups is 1. The van der Waals surface area contributed by atoms with Gasteiger partial charge in [-0.2, -0.15) is 17.5 Å². The standard InChI is InChI=1S/C30H38F3N5O5S/c1-19-16-23(38-25(39)18-36(3)28(38)41)17-20(2)24(19)9-15-44(42,43)37-13-11-29(12-14-37)27(40)34-26(35-29)22-6-4-21(5-7-22)8-10-30(31,32)33/h9,15-17,21-22H,4-8,10-14,18H2,1-3H3,(H,34,35,40)/b15-9+. The minimum absolute atomic E-state index is 0.00240. The third-order valence-electron chi connectivity index (χ3n) is 9.36. The SMILES string of the molecule is Cc1cc(N2C(=O)CN(C)C2=O)cc(C)c1/C=C/S(=O)(=O)N1CCC2(CC1)N=C(C1CCC(CCC(F)(F)F)CC1)NC2=O. The van der Waals surface area contributed by atoms with E-state index in [1.165, 1.54) is 15.3 Å². The van der Waals surface area contributed by atoms with Crippen LogP contribution in [0.15, 0.2) is 22.5 Å². The van der Waals surface area contributed by atoms with Gasteiger partial charge in [-0.1, -0.05) is 0 Å². The molecule has 1 N–H and O–H groups in total. The van der Waals surface area contributed by atoms with Crippen molar-refractivity contribution in [1.29, 1.82) is 0 Å². The summed E-state index contributed by atoms with van der Waals surface area (Å²) < 4.78 is 65.6. The van der Waals surface area contributed by atoms with Gasteiger partial charge in [0.15, 0.2) is 0 Å². The lowest BCUT2D eigenvalue weighted by Gasteiger charge is -2.34. The van der Waals surface area contributed by atoms with E-state index in [0.717, 1.165) is 10.3 Å². The first-order valence-corrected chi connectivity index (χ1v) is 16.4. The first-order chi connectivity index (χ1) is 20.6. The third kappa shape index (κ3) is 6.56. The highest BCUT2D eigenvalue weighted by atomic mass is 32.2. The molecule has 4 aliphatic rings. The summed E-state index contributed by atoms with van der Waals surface area (Å²) in [6.07, 6.45) is -0.157. The Hall–Kier alpha value is -3.26. The highest BCUT2D eigenvalue weighted by Gasteiger charge is 2.48. The normalized spacial score (nSPS) is 25.0. The minimum Gasteiger partial charge on any atom is -0.318 e. The molecule has 0 radical (unpaired) electrons. The molecule has 0 bridgehead atoms. The predicted molar refractivity (Wildman–Crippen MR) is 159 cm³/mol. The molecule has 10 nitrogen and oxygen atoms in total. The number of aryl methyl sites for hydroxylation is 2. The fourth-order valence-electron chi connectivity index (χ4n) is 6.73. The summed E-state index contributed by atoms with van der Waals surface area (Å²) in [6.45, 7) is 3.80. The summed E-state index contributed by atoms with van der Waals surface area (Å²) in [5.74, 6) is 0.0213. The number of nitrogens with zero attached hydrogens (tertiary/aromatic N) is 4. The number of carbonyl (C=O) groups excluding carboxylic acids is 3. The summed E-state index contributed by atoms with van der Waals surface area (Å²) in [4.78, 5) is 44.9. The molecule has 3 heterocycles. The van der Waals surface area contributed by atoms with E-state index in [9.17, 15) is 36.0 Å². The second kappa shape index (κ2) is 11.9. The van der Waals surface area contributed by atoms with Crippen molar-refractivity contribution >= 4 is 45.5 Å². The van der Waals surface area contributed by atoms with Crippen molar-refractivity contribution in [3.63, 3.8) is 0 Å². The van der Waals surface area contributed by atoms with Gasteiger partial charge in [-0.3, -0.25) is 14.6 Å². The summed E-state index contributed by atoms with van der Waals surface area (Å²) >= 11 is 0. The number of amides is 4. The molecule has 4 amide bonds. The summed E-state index contributed by atoms with van der Waals surface area (Å²) in [5.41, 5.74) is 1.48. The Kier molecular flexibility index (Phi) is 8.71. The monoisotopic (exact) mass is 637 g/mol. The molecule has 240 valence electrons. The van der Waals surface area contributed by atoms with Gasteiger partial charge in [0.25, 0.3) is 11.8 Å². The van der Waals surface area contributed by atoms with E-state index < -0.39 is 34.2 Å². The van der Waals surface area contributed by atoms with Crippen LogP contribution in [0.25, 0.3) is 6.08 Å². The minimum atomic E-state index is -4.15. The Labute approximate surface area is 255 Å². The lowest BCUT2D eigenvalue weighted by Crippen LogP contribution is -2.50. The first-order valence-electron chi connectivity index (χ1n) is 14.9. The lowest BCUT2D eigenvalue weighted by atomic mass is 9.79. The van der Waals surface area contributed by atoms with Crippen molar-refractivity contribution in [2.45, 2.75) is 76.9 Å². The Morgan fingerprint density at radius 1 is 1.05 bits per heavy atom. The predicted octanol–water partition coefficient (Wildman–Crippen LogP) is 4.51.